The maximum atomic E-state index is 13.4. The quantitative estimate of drug-likeness (QED) is 0.830. The molecule has 1 aromatic heterocycles. The van der Waals surface area contributed by atoms with E-state index in [1.807, 2.05) is 6.07 Å². The first-order chi connectivity index (χ1) is 12.2. The number of rotatable bonds is 6. The maximum absolute atomic E-state index is 13.4. The second-order valence-electron chi connectivity index (χ2n) is 7.43. The number of benzene rings is 1. The lowest BCUT2D eigenvalue weighted by Crippen LogP contribution is -2.43. The number of carboxylic acid groups (broad SMARTS) is 1. The topological polar surface area (TPSA) is 84.2 Å². The molecule has 7 heteroatoms. The number of hydrogen-bond donors (Lipinski definition) is 2. The number of hydrogen-bond acceptors (Lipinski definition) is 3. The standard InChI is InChI=1S/C19H22FN3O3/c1-18(2,17(25)26)23-12-15(11-21-23)22-16(24)19(7-4-8-19)10-13-5-3-6-14(20)9-13/h3,5-6,9,11-12H,4,7-8,10H2,1-2H3,(H,22,24)(H,25,26). The second kappa shape index (κ2) is 6.55. The predicted molar refractivity (Wildman–Crippen MR) is 94.2 cm³/mol. The number of carboxylic acids is 1. The number of amides is 1. The van der Waals surface area contributed by atoms with Gasteiger partial charge in [-0.15, -0.1) is 0 Å². The summed E-state index contributed by atoms with van der Waals surface area (Å²) in [5, 5.41) is 16.2. The third-order valence-corrected chi connectivity index (χ3v) is 5.16. The second-order valence-corrected chi connectivity index (χ2v) is 7.43. The number of nitrogens with one attached hydrogen (secondary N) is 1. The van der Waals surface area contributed by atoms with Crippen LogP contribution in [0, 0.1) is 11.2 Å². The number of anilines is 1. The Morgan fingerprint density at radius 1 is 1.38 bits per heavy atom. The van der Waals surface area contributed by atoms with E-state index in [9.17, 15) is 19.1 Å². The molecule has 0 radical (unpaired) electrons. The zero-order valence-electron chi connectivity index (χ0n) is 14.8. The highest BCUT2D eigenvalue weighted by Crippen LogP contribution is 2.44. The summed E-state index contributed by atoms with van der Waals surface area (Å²) >= 11 is 0. The SMILES string of the molecule is CC(C)(C(=O)O)n1cc(NC(=O)C2(Cc3cccc(F)c3)CCC2)cn1. The zero-order chi connectivity index (χ0) is 18.9. The molecule has 1 amide bonds. The molecule has 0 spiro atoms. The molecule has 2 aromatic rings. The fraction of sp³-hybridized carbons (Fsp3) is 0.421. The van der Waals surface area contributed by atoms with E-state index >= 15 is 0 Å². The van der Waals surface area contributed by atoms with E-state index in [4.69, 9.17) is 0 Å². The lowest BCUT2D eigenvalue weighted by Gasteiger charge is -2.40. The van der Waals surface area contributed by atoms with Gasteiger partial charge in [-0.3, -0.25) is 9.48 Å². The van der Waals surface area contributed by atoms with Gasteiger partial charge in [0.25, 0.3) is 0 Å². The molecule has 2 N–H and O–H groups in total. The number of carbonyl (C=O) groups excluding carboxylic acids is 1. The summed E-state index contributed by atoms with van der Waals surface area (Å²) in [5.41, 5.74) is -0.519. The number of nitrogens with zero attached hydrogens (tertiary/aromatic N) is 2. The Hall–Kier alpha value is -2.70. The van der Waals surface area contributed by atoms with Gasteiger partial charge in [-0.05, 0) is 50.8 Å². The summed E-state index contributed by atoms with van der Waals surface area (Å²) in [4.78, 5) is 24.2. The van der Waals surface area contributed by atoms with Crippen LogP contribution in [0.4, 0.5) is 10.1 Å². The van der Waals surface area contributed by atoms with E-state index in [2.05, 4.69) is 10.4 Å². The van der Waals surface area contributed by atoms with Crippen LogP contribution in [-0.4, -0.2) is 26.8 Å². The van der Waals surface area contributed by atoms with Crippen molar-refractivity contribution in [1.82, 2.24) is 9.78 Å². The molecule has 138 valence electrons. The van der Waals surface area contributed by atoms with Crippen LogP contribution < -0.4 is 5.32 Å². The first-order valence-corrected chi connectivity index (χ1v) is 8.57. The van der Waals surface area contributed by atoms with Crippen molar-refractivity contribution in [3.8, 4) is 0 Å². The third-order valence-electron chi connectivity index (χ3n) is 5.16. The summed E-state index contributed by atoms with van der Waals surface area (Å²) < 4.78 is 14.7. The molecule has 3 rings (SSSR count). The van der Waals surface area contributed by atoms with Crippen LogP contribution in [0.1, 0.15) is 38.7 Å². The first kappa shape index (κ1) is 18.1. The molecule has 26 heavy (non-hydrogen) atoms. The highest BCUT2D eigenvalue weighted by Gasteiger charge is 2.44. The van der Waals surface area contributed by atoms with Gasteiger partial charge in [-0.2, -0.15) is 5.10 Å². The summed E-state index contributed by atoms with van der Waals surface area (Å²) in [6.45, 7) is 3.07. The minimum Gasteiger partial charge on any atom is -0.479 e. The molecule has 0 atom stereocenters. The minimum atomic E-state index is -1.21. The van der Waals surface area contributed by atoms with Gasteiger partial charge in [0, 0.05) is 6.20 Å². The fourth-order valence-electron chi connectivity index (χ4n) is 3.18. The smallest absolute Gasteiger partial charge is 0.331 e. The molecule has 0 saturated heterocycles. The fourth-order valence-corrected chi connectivity index (χ4v) is 3.18. The van der Waals surface area contributed by atoms with Crippen molar-refractivity contribution in [3.05, 3.63) is 48.0 Å². The van der Waals surface area contributed by atoms with E-state index in [0.717, 1.165) is 24.8 Å². The largest absolute Gasteiger partial charge is 0.479 e. The Morgan fingerprint density at radius 3 is 2.69 bits per heavy atom. The van der Waals surface area contributed by atoms with Gasteiger partial charge < -0.3 is 10.4 Å². The molecule has 1 aromatic carbocycles. The highest BCUT2D eigenvalue weighted by molar-refractivity contribution is 5.96. The van der Waals surface area contributed by atoms with Gasteiger partial charge in [0.1, 0.15) is 5.82 Å². The molecule has 1 aliphatic carbocycles. The van der Waals surface area contributed by atoms with Crippen molar-refractivity contribution in [3.63, 3.8) is 0 Å². The molecule has 1 saturated carbocycles. The monoisotopic (exact) mass is 359 g/mol. The number of carbonyl (C=O) groups is 2. The molecule has 0 aliphatic heterocycles. The minimum absolute atomic E-state index is 0.138. The third kappa shape index (κ3) is 3.34. The molecular formula is C19H22FN3O3. The van der Waals surface area contributed by atoms with Gasteiger partial charge in [-0.1, -0.05) is 18.6 Å². The average molecular weight is 359 g/mol. The van der Waals surface area contributed by atoms with E-state index in [-0.39, 0.29) is 11.7 Å². The molecule has 1 fully saturated rings. The van der Waals surface area contributed by atoms with Crippen LogP contribution in [0.5, 0.6) is 0 Å². The highest BCUT2D eigenvalue weighted by atomic mass is 19.1. The predicted octanol–water partition coefficient (Wildman–Crippen LogP) is 3.19. The van der Waals surface area contributed by atoms with Crippen molar-refractivity contribution in [2.45, 2.75) is 45.1 Å². The molecular weight excluding hydrogens is 337 g/mol. The number of halogens is 1. The van der Waals surface area contributed by atoms with Gasteiger partial charge in [-0.25, -0.2) is 9.18 Å². The van der Waals surface area contributed by atoms with E-state index in [0.29, 0.717) is 12.1 Å². The Kier molecular flexibility index (Phi) is 4.56. The van der Waals surface area contributed by atoms with Crippen LogP contribution in [0.15, 0.2) is 36.7 Å². The van der Waals surface area contributed by atoms with Crippen molar-refractivity contribution < 1.29 is 19.1 Å². The van der Waals surface area contributed by atoms with Crippen molar-refractivity contribution in [1.29, 1.82) is 0 Å². The molecule has 1 aliphatic rings. The maximum Gasteiger partial charge on any atom is 0.331 e. The zero-order valence-corrected chi connectivity index (χ0v) is 14.8. The number of aromatic nitrogens is 2. The molecule has 1 heterocycles. The summed E-state index contributed by atoms with van der Waals surface area (Å²) in [5.74, 6) is -1.46. The Morgan fingerprint density at radius 2 is 2.12 bits per heavy atom. The Balaban J connectivity index is 1.74. The summed E-state index contributed by atoms with van der Waals surface area (Å²) in [6.07, 6.45) is 5.87. The Labute approximate surface area is 151 Å². The van der Waals surface area contributed by atoms with Crippen molar-refractivity contribution in [2.75, 3.05) is 5.32 Å². The van der Waals surface area contributed by atoms with Crippen LogP contribution in [0.25, 0.3) is 0 Å². The Bertz CT molecular complexity index is 840. The van der Waals surface area contributed by atoms with Crippen LogP contribution >= 0.6 is 0 Å². The lowest BCUT2D eigenvalue weighted by atomic mass is 9.64. The normalized spacial score (nSPS) is 16.0. The van der Waals surface area contributed by atoms with Gasteiger partial charge in [0.05, 0.1) is 17.3 Å². The lowest BCUT2D eigenvalue weighted by molar-refractivity contribution is -0.146. The van der Waals surface area contributed by atoms with Gasteiger partial charge in [0.15, 0.2) is 5.54 Å². The van der Waals surface area contributed by atoms with E-state index < -0.39 is 16.9 Å². The average Bonchev–Trinajstić information content (AvgIpc) is 3.00. The summed E-state index contributed by atoms with van der Waals surface area (Å²) in [7, 11) is 0. The molecule has 6 nitrogen and oxygen atoms in total. The van der Waals surface area contributed by atoms with Gasteiger partial charge >= 0.3 is 5.97 Å². The van der Waals surface area contributed by atoms with Crippen molar-refractivity contribution >= 4 is 17.6 Å². The van der Waals surface area contributed by atoms with Crippen LogP contribution in [0.3, 0.4) is 0 Å². The van der Waals surface area contributed by atoms with E-state index in [1.54, 1.807) is 6.07 Å². The van der Waals surface area contributed by atoms with E-state index in [1.165, 1.54) is 43.1 Å². The van der Waals surface area contributed by atoms with Gasteiger partial charge in [0.2, 0.25) is 5.91 Å². The van der Waals surface area contributed by atoms with Crippen LogP contribution in [-0.2, 0) is 21.5 Å². The van der Waals surface area contributed by atoms with Crippen LogP contribution in [0.2, 0.25) is 0 Å². The number of aliphatic carboxylic acids is 1. The summed E-state index contributed by atoms with van der Waals surface area (Å²) in [6, 6.07) is 6.31. The first-order valence-electron chi connectivity index (χ1n) is 8.57. The van der Waals surface area contributed by atoms with Crippen molar-refractivity contribution in [2.24, 2.45) is 5.41 Å². The molecule has 0 bridgehead atoms. The molecule has 0 unspecified atom stereocenters.